The van der Waals surface area contributed by atoms with Crippen LogP contribution in [0.5, 0.6) is 0 Å². The van der Waals surface area contributed by atoms with Crippen molar-refractivity contribution in [2.24, 2.45) is 5.73 Å². The molecule has 0 saturated heterocycles. The lowest BCUT2D eigenvalue weighted by Crippen LogP contribution is -2.30. The molecule has 0 aliphatic carbocycles. The summed E-state index contributed by atoms with van der Waals surface area (Å²) in [5.41, 5.74) is 5.89. The highest BCUT2D eigenvalue weighted by atomic mass is 16.4. The van der Waals surface area contributed by atoms with Gasteiger partial charge in [-0.25, -0.2) is 0 Å². The second-order valence-corrected chi connectivity index (χ2v) is 1.85. The number of aliphatic carboxylic acids is 1. The predicted molar refractivity (Wildman–Crippen MR) is 35.0 cm³/mol. The summed E-state index contributed by atoms with van der Waals surface area (Å²) < 4.78 is 0. The molecule has 3 N–H and O–H groups in total. The quantitative estimate of drug-likeness (QED) is 0.529. The summed E-state index contributed by atoms with van der Waals surface area (Å²) in [6, 6.07) is -0.838. The van der Waals surface area contributed by atoms with Crippen LogP contribution in [0, 0.1) is 0 Å². The molecule has 0 radical (unpaired) electrons. The van der Waals surface area contributed by atoms with Crippen molar-refractivity contribution in [3.05, 3.63) is 11.6 Å². The van der Waals surface area contributed by atoms with Gasteiger partial charge < -0.3 is 10.8 Å². The van der Waals surface area contributed by atoms with Crippen molar-refractivity contribution in [2.75, 3.05) is 0 Å². The van der Waals surface area contributed by atoms with E-state index in [4.69, 9.17) is 10.8 Å². The average Bonchev–Trinajstić information content (AvgIpc) is 1.84. The highest BCUT2D eigenvalue weighted by Gasteiger charge is 2.11. The molecule has 0 amide bonds. The van der Waals surface area contributed by atoms with Crippen molar-refractivity contribution >= 4 is 5.97 Å². The summed E-state index contributed by atoms with van der Waals surface area (Å²) in [5.74, 6) is -0.981. The molecule has 0 aliphatic rings. The van der Waals surface area contributed by atoms with Crippen LogP contribution < -0.4 is 5.73 Å². The minimum atomic E-state index is -0.981. The predicted octanol–water partition coefficient (Wildman–Crippen LogP) is 0.365. The van der Waals surface area contributed by atoms with Gasteiger partial charge in [0.15, 0.2) is 0 Å². The molecule has 0 spiro atoms. The normalized spacial score (nSPS) is 15.2. The fourth-order valence-corrected chi connectivity index (χ4v) is 0.374. The second-order valence-electron chi connectivity index (χ2n) is 1.85. The maximum absolute atomic E-state index is 10.1. The molecule has 0 saturated carbocycles. The van der Waals surface area contributed by atoms with E-state index >= 15 is 0 Å². The number of hydrogen-bond acceptors (Lipinski definition) is 2. The van der Waals surface area contributed by atoms with E-state index in [0.29, 0.717) is 5.57 Å². The summed E-state index contributed by atoms with van der Waals surface area (Å²) >= 11 is 0. The third-order valence-electron chi connectivity index (χ3n) is 1.21. The molecule has 1 unspecified atom stereocenters. The lowest BCUT2D eigenvalue weighted by molar-refractivity contribution is -0.137. The summed E-state index contributed by atoms with van der Waals surface area (Å²) in [6.45, 7) is 3.46. The van der Waals surface area contributed by atoms with Gasteiger partial charge in [-0.1, -0.05) is 6.08 Å². The van der Waals surface area contributed by atoms with Crippen LogP contribution in [-0.2, 0) is 4.79 Å². The number of allylic oxidation sites excluding steroid dienone is 1. The Morgan fingerprint density at radius 3 is 2.33 bits per heavy atom. The Morgan fingerprint density at radius 1 is 1.78 bits per heavy atom. The molecule has 0 bridgehead atoms. The van der Waals surface area contributed by atoms with E-state index in [0.717, 1.165) is 0 Å². The molecule has 3 heteroatoms. The van der Waals surface area contributed by atoms with Crippen LogP contribution in [0.1, 0.15) is 13.8 Å². The molecule has 0 aliphatic heterocycles. The molecule has 0 fully saturated rings. The third kappa shape index (κ3) is 2.28. The van der Waals surface area contributed by atoms with Gasteiger partial charge in [-0.15, -0.1) is 0 Å². The standard InChI is InChI=1S/C6H11NO2/c1-3-4(2)5(7)6(8)9/h3,5H,7H2,1-2H3,(H,8,9)/b4-3-. The first-order chi connectivity index (χ1) is 4.09. The van der Waals surface area contributed by atoms with E-state index in [2.05, 4.69) is 0 Å². The molecule has 0 aromatic heterocycles. The van der Waals surface area contributed by atoms with Crippen molar-refractivity contribution in [3.63, 3.8) is 0 Å². The third-order valence-corrected chi connectivity index (χ3v) is 1.21. The highest BCUT2D eigenvalue weighted by molar-refractivity contribution is 5.76. The van der Waals surface area contributed by atoms with Crippen LogP contribution in [0.4, 0.5) is 0 Å². The van der Waals surface area contributed by atoms with Crippen molar-refractivity contribution in [1.82, 2.24) is 0 Å². The van der Waals surface area contributed by atoms with Gasteiger partial charge in [0, 0.05) is 0 Å². The van der Waals surface area contributed by atoms with Gasteiger partial charge in [-0.05, 0) is 19.4 Å². The van der Waals surface area contributed by atoms with Gasteiger partial charge in [0.25, 0.3) is 0 Å². The Kier molecular flexibility index (Phi) is 2.95. The first-order valence-electron chi connectivity index (χ1n) is 2.70. The minimum Gasteiger partial charge on any atom is -0.480 e. The Bertz CT molecular complexity index is 140. The fraction of sp³-hybridized carbons (Fsp3) is 0.500. The van der Waals surface area contributed by atoms with E-state index in [1.807, 2.05) is 0 Å². The van der Waals surface area contributed by atoms with Crippen LogP contribution in [0.25, 0.3) is 0 Å². The lowest BCUT2D eigenvalue weighted by Gasteiger charge is -2.03. The molecule has 9 heavy (non-hydrogen) atoms. The molecular formula is C6H11NO2. The number of carbonyl (C=O) groups is 1. The van der Waals surface area contributed by atoms with Crippen LogP contribution >= 0.6 is 0 Å². The molecule has 0 rings (SSSR count). The molecule has 52 valence electrons. The van der Waals surface area contributed by atoms with Crippen LogP contribution in [0.2, 0.25) is 0 Å². The number of nitrogens with two attached hydrogens (primary N) is 1. The highest BCUT2D eigenvalue weighted by Crippen LogP contribution is 1.96. The zero-order valence-corrected chi connectivity index (χ0v) is 5.59. The summed E-state index contributed by atoms with van der Waals surface area (Å²) in [5, 5.41) is 8.32. The number of rotatable bonds is 2. The van der Waals surface area contributed by atoms with Crippen molar-refractivity contribution in [1.29, 1.82) is 0 Å². The van der Waals surface area contributed by atoms with E-state index < -0.39 is 12.0 Å². The van der Waals surface area contributed by atoms with E-state index in [1.165, 1.54) is 0 Å². The molecular weight excluding hydrogens is 118 g/mol. The fourth-order valence-electron chi connectivity index (χ4n) is 0.374. The monoisotopic (exact) mass is 129 g/mol. The lowest BCUT2D eigenvalue weighted by atomic mass is 10.1. The number of carboxylic acids is 1. The van der Waals surface area contributed by atoms with Crippen molar-refractivity contribution < 1.29 is 9.90 Å². The SMILES string of the molecule is C/C=C(/C)C(N)C(=O)O. The van der Waals surface area contributed by atoms with Gasteiger partial charge in [0.2, 0.25) is 0 Å². The van der Waals surface area contributed by atoms with Gasteiger partial charge >= 0.3 is 5.97 Å². The zero-order chi connectivity index (χ0) is 7.44. The minimum absolute atomic E-state index is 0.683. The Hall–Kier alpha value is -0.830. The maximum atomic E-state index is 10.1. The van der Waals surface area contributed by atoms with Crippen LogP contribution in [0.3, 0.4) is 0 Å². The van der Waals surface area contributed by atoms with Crippen LogP contribution in [-0.4, -0.2) is 17.1 Å². The first-order valence-corrected chi connectivity index (χ1v) is 2.70. The van der Waals surface area contributed by atoms with Crippen molar-refractivity contribution in [3.8, 4) is 0 Å². The van der Waals surface area contributed by atoms with Gasteiger partial charge in [-0.2, -0.15) is 0 Å². The molecule has 0 aromatic rings. The van der Waals surface area contributed by atoms with Gasteiger partial charge in [0.05, 0.1) is 0 Å². The number of hydrogen-bond donors (Lipinski definition) is 2. The Balaban J connectivity index is 4.04. The Labute approximate surface area is 54.2 Å². The van der Waals surface area contributed by atoms with E-state index in [1.54, 1.807) is 19.9 Å². The van der Waals surface area contributed by atoms with E-state index in [-0.39, 0.29) is 0 Å². The molecule has 3 nitrogen and oxygen atoms in total. The smallest absolute Gasteiger partial charge is 0.324 e. The van der Waals surface area contributed by atoms with Crippen molar-refractivity contribution in [2.45, 2.75) is 19.9 Å². The van der Waals surface area contributed by atoms with Gasteiger partial charge in [-0.3, -0.25) is 4.79 Å². The molecule has 1 atom stereocenters. The van der Waals surface area contributed by atoms with E-state index in [9.17, 15) is 4.79 Å². The Morgan fingerprint density at radius 2 is 2.22 bits per heavy atom. The second kappa shape index (κ2) is 3.25. The summed E-state index contributed by atoms with van der Waals surface area (Å²) in [4.78, 5) is 10.1. The zero-order valence-electron chi connectivity index (χ0n) is 5.59. The summed E-state index contributed by atoms with van der Waals surface area (Å²) in [6.07, 6.45) is 1.69. The average molecular weight is 129 g/mol. The topological polar surface area (TPSA) is 63.3 Å². The molecule has 0 heterocycles. The summed E-state index contributed by atoms with van der Waals surface area (Å²) in [7, 11) is 0. The maximum Gasteiger partial charge on any atom is 0.324 e. The van der Waals surface area contributed by atoms with Gasteiger partial charge in [0.1, 0.15) is 6.04 Å². The van der Waals surface area contributed by atoms with Crippen LogP contribution in [0.15, 0.2) is 11.6 Å². The first kappa shape index (κ1) is 8.17. The number of carboxylic acid groups (broad SMARTS) is 1. The largest absolute Gasteiger partial charge is 0.480 e. The molecule has 0 aromatic carbocycles.